The molecule has 0 fully saturated rings. The van der Waals surface area contributed by atoms with E-state index in [0.717, 1.165) is 21.3 Å². The van der Waals surface area contributed by atoms with Crippen molar-refractivity contribution in [3.63, 3.8) is 0 Å². The third-order valence-corrected chi connectivity index (χ3v) is 4.55. The number of benzene rings is 2. The highest BCUT2D eigenvalue weighted by Crippen LogP contribution is 2.33. The topological polar surface area (TPSA) is 64.1 Å². The first kappa shape index (κ1) is 23.4. The molecule has 0 aromatic heterocycles. The van der Waals surface area contributed by atoms with E-state index < -0.39 is 0 Å². The maximum absolute atomic E-state index is 5.36. The minimum Gasteiger partial charge on any atom is -0.497 e. The summed E-state index contributed by atoms with van der Waals surface area (Å²) in [6.45, 7) is 1.22. The molecule has 0 aliphatic heterocycles. The van der Waals surface area contributed by atoms with Crippen molar-refractivity contribution in [1.29, 1.82) is 0 Å². The molecule has 0 heterocycles. The Labute approximate surface area is 185 Å². The van der Waals surface area contributed by atoms with E-state index in [-0.39, 0.29) is 24.0 Å². The second kappa shape index (κ2) is 11.9. The average Bonchev–Trinajstić information content (AvgIpc) is 2.68. The van der Waals surface area contributed by atoms with Crippen LogP contribution < -0.4 is 24.8 Å². The number of aliphatic imine (C=N–C) groups is 1. The fraction of sp³-hybridized carbons (Fsp3) is 0.316. The van der Waals surface area contributed by atoms with Gasteiger partial charge in [0.05, 0.1) is 21.3 Å². The van der Waals surface area contributed by atoms with Gasteiger partial charge in [-0.25, -0.2) is 0 Å². The van der Waals surface area contributed by atoms with Gasteiger partial charge in [0.1, 0.15) is 5.75 Å². The maximum Gasteiger partial charge on any atom is 0.191 e. The average molecular weight is 550 g/mol. The van der Waals surface area contributed by atoms with Crippen molar-refractivity contribution in [2.45, 2.75) is 13.1 Å². The molecule has 0 aliphatic rings. The van der Waals surface area contributed by atoms with Crippen molar-refractivity contribution in [2.75, 3.05) is 28.4 Å². The first-order valence-electron chi connectivity index (χ1n) is 8.09. The Kier molecular flexibility index (Phi) is 10.3. The zero-order valence-corrected chi connectivity index (χ0v) is 19.8. The maximum atomic E-state index is 5.36. The molecule has 2 rings (SSSR count). The van der Waals surface area contributed by atoms with Gasteiger partial charge in [-0.1, -0.05) is 28.1 Å². The molecule has 0 spiro atoms. The van der Waals surface area contributed by atoms with Crippen LogP contribution in [-0.2, 0) is 13.1 Å². The normalized spacial score (nSPS) is 10.6. The van der Waals surface area contributed by atoms with E-state index in [4.69, 9.17) is 14.2 Å². The van der Waals surface area contributed by atoms with Crippen LogP contribution in [0.3, 0.4) is 0 Å². The summed E-state index contributed by atoms with van der Waals surface area (Å²) in [4.78, 5) is 4.26. The molecule has 0 bridgehead atoms. The summed E-state index contributed by atoms with van der Waals surface area (Å²) in [5.74, 6) is 2.91. The second-order valence-electron chi connectivity index (χ2n) is 5.43. The molecule has 0 unspecified atom stereocenters. The van der Waals surface area contributed by atoms with Gasteiger partial charge in [0, 0.05) is 24.6 Å². The van der Waals surface area contributed by atoms with Crippen LogP contribution in [0.25, 0.3) is 0 Å². The summed E-state index contributed by atoms with van der Waals surface area (Å²) in [7, 11) is 6.64. The Morgan fingerprint density at radius 2 is 1.63 bits per heavy atom. The monoisotopic (exact) mass is 549 g/mol. The van der Waals surface area contributed by atoms with Gasteiger partial charge in [-0.05, 0) is 35.4 Å². The number of guanidine groups is 1. The molecule has 2 N–H and O–H groups in total. The number of ether oxygens (including phenoxy) is 3. The SMILES string of the molecule is CN=C(NCc1cccc(OC)c1)NCc1cc(OC)c(OC)cc1Br.I. The number of halogens is 2. The first-order valence-corrected chi connectivity index (χ1v) is 8.88. The summed E-state index contributed by atoms with van der Waals surface area (Å²) >= 11 is 3.57. The fourth-order valence-electron chi connectivity index (χ4n) is 2.40. The van der Waals surface area contributed by atoms with Gasteiger partial charge in [-0.3, -0.25) is 4.99 Å². The quantitative estimate of drug-likeness (QED) is 0.311. The summed E-state index contributed by atoms with van der Waals surface area (Å²) in [6, 6.07) is 11.7. The van der Waals surface area contributed by atoms with Crippen molar-refractivity contribution >= 4 is 45.9 Å². The lowest BCUT2D eigenvalue weighted by molar-refractivity contribution is 0.354. The Bertz CT molecular complexity index is 772. The van der Waals surface area contributed by atoms with Gasteiger partial charge in [0.15, 0.2) is 17.5 Å². The molecular weight excluding hydrogens is 525 g/mol. The molecule has 0 saturated carbocycles. The Hall–Kier alpha value is -1.68. The van der Waals surface area contributed by atoms with E-state index >= 15 is 0 Å². The van der Waals surface area contributed by atoms with Crippen LogP contribution in [0.15, 0.2) is 45.9 Å². The van der Waals surface area contributed by atoms with Crippen molar-refractivity contribution in [1.82, 2.24) is 10.6 Å². The van der Waals surface area contributed by atoms with E-state index in [9.17, 15) is 0 Å². The zero-order chi connectivity index (χ0) is 18.9. The van der Waals surface area contributed by atoms with Gasteiger partial charge in [-0.15, -0.1) is 24.0 Å². The minimum absolute atomic E-state index is 0. The van der Waals surface area contributed by atoms with Gasteiger partial charge in [-0.2, -0.15) is 0 Å². The lowest BCUT2D eigenvalue weighted by atomic mass is 10.2. The molecule has 2 aromatic carbocycles. The highest BCUT2D eigenvalue weighted by atomic mass is 127. The van der Waals surface area contributed by atoms with Crippen LogP contribution in [0.5, 0.6) is 17.2 Å². The van der Waals surface area contributed by atoms with Gasteiger partial charge < -0.3 is 24.8 Å². The smallest absolute Gasteiger partial charge is 0.191 e. The molecule has 27 heavy (non-hydrogen) atoms. The van der Waals surface area contributed by atoms with Gasteiger partial charge >= 0.3 is 0 Å². The molecule has 0 amide bonds. The summed E-state index contributed by atoms with van der Waals surface area (Å²) in [5, 5.41) is 6.59. The number of methoxy groups -OCH3 is 3. The molecule has 0 atom stereocenters. The molecule has 148 valence electrons. The predicted octanol–water partition coefficient (Wildman–Crippen LogP) is 3.96. The largest absolute Gasteiger partial charge is 0.497 e. The summed E-state index contributed by atoms with van der Waals surface area (Å²) in [6.07, 6.45) is 0. The van der Waals surface area contributed by atoms with Crippen molar-refractivity contribution in [3.8, 4) is 17.2 Å². The lowest BCUT2D eigenvalue weighted by Crippen LogP contribution is -2.36. The third kappa shape index (κ3) is 6.76. The van der Waals surface area contributed by atoms with E-state index in [1.54, 1.807) is 28.4 Å². The van der Waals surface area contributed by atoms with Crippen LogP contribution in [-0.4, -0.2) is 34.3 Å². The van der Waals surface area contributed by atoms with Crippen LogP contribution in [0.2, 0.25) is 0 Å². The Morgan fingerprint density at radius 1 is 0.963 bits per heavy atom. The zero-order valence-electron chi connectivity index (χ0n) is 15.8. The molecule has 0 radical (unpaired) electrons. The predicted molar refractivity (Wildman–Crippen MR) is 123 cm³/mol. The van der Waals surface area contributed by atoms with Crippen molar-refractivity contribution < 1.29 is 14.2 Å². The van der Waals surface area contributed by atoms with E-state index in [1.165, 1.54) is 0 Å². The Morgan fingerprint density at radius 3 is 2.26 bits per heavy atom. The fourth-order valence-corrected chi connectivity index (χ4v) is 2.86. The molecule has 6 nitrogen and oxygen atoms in total. The third-order valence-electron chi connectivity index (χ3n) is 3.82. The van der Waals surface area contributed by atoms with Crippen LogP contribution in [0, 0.1) is 0 Å². The number of rotatable bonds is 7. The van der Waals surface area contributed by atoms with E-state index in [2.05, 4.69) is 31.6 Å². The molecule has 8 heteroatoms. The van der Waals surface area contributed by atoms with Gasteiger partial charge in [0.25, 0.3) is 0 Å². The number of nitrogens with one attached hydrogen (secondary N) is 2. The second-order valence-corrected chi connectivity index (χ2v) is 6.28. The molecule has 2 aromatic rings. The van der Waals surface area contributed by atoms with E-state index in [0.29, 0.717) is 30.5 Å². The van der Waals surface area contributed by atoms with Crippen LogP contribution in [0.4, 0.5) is 0 Å². The van der Waals surface area contributed by atoms with Crippen molar-refractivity contribution in [3.05, 3.63) is 52.0 Å². The number of nitrogens with zero attached hydrogens (tertiary/aromatic N) is 1. The highest BCUT2D eigenvalue weighted by Gasteiger charge is 2.10. The standard InChI is InChI=1S/C19H24BrN3O3.HI/c1-21-19(22-11-13-6-5-7-15(8-13)24-2)23-12-14-9-17(25-3)18(26-4)10-16(14)20;/h5-10H,11-12H2,1-4H3,(H2,21,22,23);1H. The van der Waals surface area contributed by atoms with E-state index in [1.807, 2.05) is 36.4 Å². The number of hydrogen-bond acceptors (Lipinski definition) is 4. The van der Waals surface area contributed by atoms with Crippen molar-refractivity contribution in [2.24, 2.45) is 4.99 Å². The van der Waals surface area contributed by atoms with Gasteiger partial charge in [0.2, 0.25) is 0 Å². The highest BCUT2D eigenvalue weighted by molar-refractivity contribution is 14.0. The molecule has 0 saturated heterocycles. The van der Waals surface area contributed by atoms with Crippen LogP contribution in [0.1, 0.15) is 11.1 Å². The lowest BCUT2D eigenvalue weighted by Gasteiger charge is -2.15. The minimum atomic E-state index is 0. The molecular formula is C19H25BrIN3O3. The summed E-state index contributed by atoms with van der Waals surface area (Å²) in [5.41, 5.74) is 2.14. The summed E-state index contributed by atoms with van der Waals surface area (Å²) < 4.78 is 16.8. The first-order chi connectivity index (χ1) is 12.6. The molecule has 0 aliphatic carbocycles. The number of hydrogen-bond donors (Lipinski definition) is 2. The van der Waals surface area contributed by atoms with Crippen LogP contribution >= 0.6 is 39.9 Å². The Balaban J connectivity index is 0.00000364.